The summed E-state index contributed by atoms with van der Waals surface area (Å²) in [5.41, 5.74) is 3.13. The molecule has 0 atom stereocenters. The minimum absolute atomic E-state index is 0.0901. The van der Waals surface area contributed by atoms with E-state index in [1.54, 1.807) is 24.2 Å². The average molecular weight is 391 g/mol. The van der Waals surface area contributed by atoms with Crippen LogP contribution in [0.1, 0.15) is 48.7 Å². The van der Waals surface area contributed by atoms with Gasteiger partial charge in [-0.3, -0.25) is 4.79 Å². The molecule has 4 rings (SSSR count). The first-order chi connectivity index (χ1) is 14.1. The van der Waals surface area contributed by atoms with Crippen LogP contribution in [0.5, 0.6) is 5.75 Å². The lowest BCUT2D eigenvalue weighted by atomic mass is 10.1. The Morgan fingerprint density at radius 1 is 1.28 bits per heavy atom. The average Bonchev–Trinajstić information content (AvgIpc) is 3.49. The van der Waals surface area contributed by atoms with Crippen molar-refractivity contribution < 1.29 is 9.53 Å². The second kappa shape index (κ2) is 8.03. The monoisotopic (exact) mass is 391 g/mol. The first-order valence-electron chi connectivity index (χ1n) is 9.91. The molecule has 0 bridgehead atoms. The van der Waals surface area contributed by atoms with E-state index < -0.39 is 0 Å². The number of aromatic nitrogens is 4. The van der Waals surface area contributed by atoms with E-state index in [4.69, 9.17) is 9.72 Å². The lowest BCUT2D eigenvalue weighted by Crippen LogP contribution is -2.28. The van der Waals surface area contributed by atoms with Crippen LogP contribution in [0.3, 0.4) is 0 Å². The van der Waals surface area contributed by atoms with Crippen LogP contribution in [0, 0.1) is 5.92 Å². The van der Waals surface area contributed by atoms with Gasteiger partial charge in [-0.2, -0.15) is 5.10 Å². The van der Waals surface area contributed by atoms with Gasteiger partial charge in [0, 0.05) is 24.2 Å². The number of para-hydroxylation sites is 1. The van der Waals surface area contributed by atoms with E-state index in [2.05, 4.69) is 29.2 Å². The van der Waals surface area contributed by atoms with Crippen LogP contribution in [0.15, 0.2) is 42.7 Å². The van der Waals surface area contributed by atoms with Crippen LogP contribution in [0.2, 0.25) is 0 Å². The van der Waals surface area contributed by atoms with Gasteiger partial charge >= 0.3 is 0 Å². The predicted molar refractivity (Wildman–Crippen MR) is 110 cm³/mol. The summed E-state index contributed by atoms with van der Waals surface area (Å²) < 4.78 is 7.17. The topological polar surface area (TPSA) is 81.9 Å². The van der Waals surface area contributed by atoms with Crippen LogP contribution in [0.4, 0.5) is 0 Å². The van der Waals surface area contributed by atoms with Crippen molar-refractivity contribution in [1.29, 1.82) is 0 Å². The zero-order valence-electron chi connectivity index (χ0n) is 16.9. The van der Waals surface area contributed by atoms with Gasteiger partial charge < -0.3 is 10.1 Å². The number of methoxy groups -OCH3 is 1. The van der Waals surface area contributed by atoms with Crippen LogP contribution in [-0.4, -0.2) is 39.3 Å². The largest absolute Gasteiger partial charge is 0.496 e. The first-order valence-corrected chi connectivity index (χ1v) is 9.91. The van der Waals surface area contributed by atoms with Crippen LogP contribution in [0.25, 0.3) is 17.2 Å². The Bertz CT molecular complexity index is 1020. The summed E-state index contributed by atoms with van der Waals surface area (Å²) in [7, 11) is 1.64. The summed E-state index contributed by atoms with van der Waals surface area (Å²) in [6.45, 7) is 4.78. The molecule has 1 aromatic carbocycles. The Kier molecular flexibility index (Phi) is 5.29. The summed E-state index contributed by atoms with van der Waals surface area (Å²) in [6, 6.07) is 9.57. The molecule has 0 aliphatic heterocycles. The van der Waals surface area contributed by atoms with Gasteiger partial charge in [-0.25, -0.2) is 14.6 Å². The van der Waals surface area contributed by atoms with Crippen LogP contribution >= 0.6 is 0 Å². The van der Waals surface area contributed by atoms with E-state index in [1.807, 2.05) is 30.3 Å². The van der Waals surface area contributed by atoms with Crippen molar-refractivity contribution in [2.45, 2.75) is 32.6 Å². The second-order valence-electron chi connectivity index (χ2n) is 7.68. The SMILES string of the molecule is COc1ccccc1-c1ccnc(-n2ncc(C(=O)NCC(C)C)c2C2CC2)n1. The van der Waals surface area contributed by atoms with Crippen molar-refractivity contribution in [2.24, 2.45) is 5.92 Å². The molecule has 2 aromatic heterocycles. The van der Waals surface area contributed by atoms with E-state index >= 15 is 0 Å². The normalized spacial score (nSPS) is 13.5. The van der Waals surface area contributed by atoms with Gasteiger partial charge in [-0.1, -0.05) is 26.0 Å². The molecule has 1 saturated carbocycles. The molecule has 2 heterocycles. The predicted octanol–water partition coefficient (Wildman–Crippen LogP) is 3.60. The summed E-state index contributed by atoms with van der Waals surface area (Å²) in [5.74, 6) is 1.81. The molecule has 1 fully saturated rings. The van der Waals surface area contributed by atoms with E-state index in [0.29, 0.717) is 29.9 Å². The zero-order valence-corrected chi connectivity index (χ0v) is 16.9. The summed E-state index contributed by atoms with van der Waals surface area (Å²) in [6.07, 6.45) is 5.42. The summed E-state index contributed by atoms with van der Waals surface area (Å²) >= 11 is 0. The van der Waals surface area contributed by atoms with Crippen LogP contribution in [-0.2, 0) is 0 Å². The molecule has 7 heteroatoms. The molecule has 0 radical (unpaired) electrons. The van der Waals surface area contributed by atoms with Gasteiger partial charge in [0.05, 0.1) is 30.3 Å². The number of benzene rings is 1. The molecule has 1 amide bonds. The highest BCUT2D eigenvalue weighted by atomic mass is 16.5. The fourth-order valence-corrected chi connectivity index (χ4v) is 3.29. The smallest absolute Gasteiger partial charge is 0.254 e. The van der Waals surface area contributed by atoms with Crippen LogP contribution < -0.4 is 10.1 Å². The second-order valence-corrected chi connectivity index (χ2v) is 7.68. The number of nitrogens with zero attached hydrogens (tertiary/aromatic N) is 4. The molecule has 7 nitrogen and oxygen atoms in total. The first kappa shape index (κ1) is 19.1. The lowest BCUT2D eigenvalue weighted by molar-refractivity contribution is 0.0948. The third-order valence-corrected chi connectivity index (χ3v) is 4.90. The number of carbonyl (C=O) groups excluding carboxylic acids is 1. The molecular weight excluding hydrogens is 366 g/mol. The maximum atomic E-state index is 12.7. The summed E-state index contributed by atoms with van der Waals surface area (Å²) in [5, 5.41) is 7.46. The van der Waals surface area contributed by atoms with Crippen molar-refractivity contribution >= 4 is 5.91 Å². The van der Waals surface area contributed by atoms with E-state index in [0.717, 1.165) is 35.5 Å². The molecule has 0 saturated heterocycles. The van der Waals surface area contributed by atoms with E-state index in [1.165, 1.54) is 0 Å². The highest BCUT2D eigenvalue weighted by Crippen LogP contribution is 2.42. The van der Waals surface area contributed by atoms with Gasteiger partial charge in [0.1, 0.15) is 5.75 Å². The highest BCUT2D eigenvalue weighted by molar-refractivity contribution is 5.95. The molecule has 1 N–H and O–H groups in total. The maximum Gasteiger partial charge on any atom is 0.254 e. The molecule has 3 aromatic rings. The van der Waals surface area contributed by atoms with Gasteiger partial charge in [0.25, 0.3) is 11.9 Å². The number of rotatable bonds is 7. The number of carbonyl (C=O) groups is 1. The third kappa shape index (κ3) is 3.99. The van der Waals surface area contributed by atoms with Gasteiger partial charge in [0.2, 0.25) is 0 Å². The van der Waals surface area contributed by atoms with Crippen molar-refractivity contribution in [3.05, 3.63) is 54.0 Å². The Hall–Kier alpha value is -3.22. The number of nitrogens with one attached hydrogen (secondary N) is 1. The fourth-order valence-electron chi connectivity index (χ4n) is 3.29. The fraction of sp³-hybridized carbons (Fsp3) is 0.364. The van der Waals surface area contributed by atoms with Gasteiger partial charge in [-0.15, -0.1) is 0 Å². The molecule has 0 unspecified atom stereocenters. The zero-order chi connectivity index (χ0) is 20.4. The number of amides is 1. The molecule has 1 aliphatic carbocycles. The van der Waals surface area contributed by atoms with E-state index in [9.17, 15) is 4.79 Å². The number of hydrogen-bond donors (Lipinski definition) is 1. The van der Waals surface area contributed by atoms with Crippen molar-refractivity contribution in [1.82, 2.24) is 25.1 Å². The summed E-state index contributed by atoms with van der Waals surface area (Å²) in [4.78, 5) is 21.8. The van der Waals surface area contributed by atoms with Crippen molar-refractivity contribution in [3.8, 4) is 23.0 Å². The van der Waals surface area contributed by atoms with E-state index in [-0.39, 0.29) is 5.91 Å². The number of hydrogen-bond acceptors (Lipinski definition) is 5. The molecule has 150 valence electrons. The van der Waals surface area contributed by atoms with Gasteiger partial charge in [0.15, 0.2) is 0 Å². The minimum atomic E-state index is -0.0901. The number of ether oxygens (including phenoxy) is 1. The Morgan fingerprint density at radius 2 is 2.07 bits per heavy atom. The molecule has 29 heavy (non-hydrogen) atoms. The third-order valence-electron chi connectivity index (χ3n) is 4.90. The minimum Gasteiger partial charge on any atom is -0.496 e. The standard InChI is InChI=1S/C22H25N5O2/c1-14(2)12-24-21(28)17-13-25-27(20(17)15-8-9-15)22-23-11-10-18(26-22)16-6-4-5-7-19(16)29-3/h4-7,10-11,13-15H,8-9,12H2,1-3H3,(H,24,28). The lowest BCUT2D eigenvalue weighted by Gasteiger charge is -2.11. The van der Waals surface area contributed by atoms with Crippen molar-refractivity contribution in [3.63, 3.8) is 0 Å². The molecule has 0 spiro atoms. The van der Waals surface area contributed by atoms with Gasteiger partial charge in [-0.05, 0) is 37.0 Å². The quantitative estimate of drug-likeness (QED) is 0.665. The van der Waals surface area contributed by atoms with Crippen molar-refractivity contribution in [2.75, 3.05) is 13.7 Å². The Morgan fingerprint density at radius 3 is 2.79 bits per heavy atom. The Labute approximate surface area is 170 Å². The molecular formula is C22H25N5O2. The highest BCUT2D eigenvalue weighted by Gasteiger charge is 2.33. The molecule has 1 aliphatic rings. The maximum absolute atomic E-state index is 12.7. The Balaban J connectivity index is 1.71.